The molecule has 0 atom stereocenters. The second kappa shape index (κ2) is 11.7. The Morgan fingerprint density at radius 2 is 0.806 bits per heavy atom. The highest BCUT2D eigenvalue weighted by molar-refractivity contribution is 7.99. The molecule has 0 aromatic heterocycles. The summed E-state index contributed by atoms with van der Waals surface area (Å²) in [6.07, 6.45) is 0. The molecular weight excluding hydrogens is 396 g/mol. The molecule has 0 saturated heterocycles. The van der Waals surface area contributed by atoms with Crippen LogP contribution in [0.1, 0.15) is 27.7 Å². The summed E-state index contributed by atoms with van der Waals surface area (Å²) >= 11 is 1.78. The van der Waals surface area contributed by atoms with Gasteiger partial charge in [-0.15, -0.1) is 0 Å². The van der Waals surface area contributed by atoms with Crippen molar-refractivity contribution in [2.45, 2.75) is 37.5 Å². The van der Waals surface area contributed by atoms with E-state index in [2.05, 4.69) is 112 Å². The molecule has 0 spiro atoms. The highest BCUT2D eigenvalue weighted by atomic mass is 32.2. The van der Waals surface area contributed by atoms with E-state index in [4.69, 9.17) is 0 Å². The fraction of sp³-hybridized carbons (Fsp3) is 0.286. The van der Waals surface area contributed by atoms with E-state index < -0.39 is 0 Å². The summed E-state index contributed by atoms with van der Waals surface area (Å²) in [6, 6.07) is 17.5. The van der Waals surface area contributed by atoms with Gasteiger partial charge in [0.2, 0.25) is 0 Å². The van der Waals surface area contributed by atoms with Crippen LogP contribution in [0, 0.1) is 0 Å². The number of hydrogen-bond acceptors (Lipinski definition) is 3. The quantitative estimate of drug-likeness (QED) is 0.316. The Bertz CT molecular complexity index is 813. The summed E-state index contributed by atoms with van der Waals surface area (Å²) in [7, 11) is 0. The molecule has 0 heterocycles. The Kier molecular flexibility index (Phi) is 9.26. The van der Waals surface area contributed by atoms with Crippen molar-refractivity contribution in [3.05, 3.63) is 97.1 Å². The largest absolute Gasteiger partial charge is 0.364 e. The first-order valence-electron chi connectivity index (χ1n) is 10.6. The minimum absolute atomic E-state index is 0.839. The van der Waals surface area contributed by atoms with Gasteiger partial charge in [-0.3, -0.25) is 0 Å². The number of hydrogen-bond donors (Lipinski definition) is 0. The number of benzene rings is 2. The molecule has 0 unspecified atom stereocenters. The SMILES string of the molecule is C=C(C)CN(CC(=C)C)c1ccc(Sc2ccc(N(CC(=C)C)CC(=C)C)cc2)cc1. The molecule has 0 fully saturated rings. The first-order valence-corrected chi connectivity index (χ1v) is 11.4. The highest BCUT2D eigenvalue weighted by Crippen LogP contribution is 2.31. The standard InChI is InChI=1S/C28H36N2S/c1-21(2)17-29(18-22(3)4)25-9-13-27(14-10-25)31-28-15-11-26(12-16-28)30(19-23(5)6)20-24(7)8/h9-16H,1,3,5,7,17-20H2,2,4,6,8H3. The van der Waals surface area contributed by atoms with E-state index in [0.29, 0.717) is 0 Å². The van der Waals surface area contributed by atoms with Gasteiger partial charge >= 0.3 is 0 Å². The molecule has 0 bridgehead atoms. The first-order chi connectivity index (χ1) is 14.6. The minimum Gasteiger partial charge on any atom is -0.364 e. The first kappa shape index (κ1) is 24.6. The lowest BCUT2D eigenvalue weighted by Crippen LogP contribution is -2.26. The molecule has 0 N–H and O–H groups in total. The molecule has 0 aliphatic carbocycles. The van der Waals surface area contributed by atoms with Crippen LogP contribution in [0.2, 0.25) is 0 Å². The van der Waals surface area contributed by atoms with Crippen molar-refractivity contribution >= 4 is 23.1 Å². The van der Waals surface area contributed by atoms with Gasteiger partial charge in [0, 0.05) is 47.3 Å². The maximum atomic E-state index is 4.06. The lowest BCUT2D eigenvalue weighted by atomic mass is 10.2. The van der Waals surface area contributed by atoms with E-state index in [9.17, 15) is 0 Å². The van der Waals surface area contributed by atoms with Crippen molar-refractivity contribution in [1.29, 1.82) is 0 Å². The minimum atomic E-state index is 0.839. The third kappa shape index (κ3) is 8.55. The van der Waals surface area contributed by atoms with Crippen molar-refractivity contribution < 1.29 is 0 Å². The average molecular weight is 433 g/mol. The van der Waals surface area contributed by atoms with Crippen LogP contribution in [-0.2, 0) is 0 Å². The molecule has 3 heteroatoms. The molecule has 0 radical (unpaired) electrons. The molecule has 2 aromatic carbocycles. The maximum absolute atomic E-state index is 4.06. The highest BCUT2D eigenvalue weighted by Gasteiger charge is 2.09. The zero-order valence-corrected chi connectivity index (χ0v) is 20.4. The molecule has 0 aliphatic rings. The van der Waals surface area contributed by atoms with E-state index in [1.165, 1.54) is 21.2 Å². The summed E-state index contributed by atoms with van der Waals surface area (Å²) in [5, 5.41) is 0. The number of nitrogens with zero attached hydrogens (tertiary/aromatic N) is 2. The topological polar surface area (TPSA) is 6.48 Å². The Morgan fingerprint density at radius 1 is 0.548 bits per heavy atom. The predicted molar refractivity (Wildman–Crippen MR) is 141 cm³/mol. The summed E-state index contributed by atoms with van der Waals surface area (Å²) in [6.45, 7) is 27.9. The van der Waals surface area contributed by atoms with Gasteiger partial charge in [-0.05, 0) is 76.2 Å². The van der Waals surface area contributed by atoms with Gasteiger partial charge in [0.1, 0.15) is 0 Å². The summed E-state index contributed by atoms with van der Waals surface area (Å²) in [5.74, 6) is 0. The second-order valence-corrected chi connectivity index (χ2v) is 9.78. The van der Waals surface area contributed by atoms with Gasteiger partial charge in [-0.25, -0.2) is 0 Å². The fourth-order valence-electron chi connectivity index (χ4n) is 3.37. The van der Waals surface area contributed by atoms with Crippen molar-refractivity contribution in [2.24, 2.45) is 0 Å². The Balaban J connectivity index is 2.10. The number of anilines is 2. The van der Waals surface area contributed by atoms with Gasteiger partial charge < -0.3 is 9.80 Å². The lowest BCUT2D eigenvalue weighted by Gasteiger charge is -2.26. The summed E-state index contributed by atoms with van der Waals surface area (Å²) in [5.41, 5.74) is 6.97. The van der Waals surface area contributed by atoms with Crippen molar-refractivity contribution in [3.8, 4) is 0 Å². The Labute approximate surface area is 193 Å². The van der Waals surface area contributed by atoms with Crippen LogP contribution in [0.15, 0.2) is 107 Å². The monoisotopic (exact) mass is 432 g/mol. The van der Waals surface area contributed by atoms with Crippen molar-refractivity contribution in [3.63, 3.8) is 0 Å². The molecule has 0 aliphatic heterocycles. The third-order valence-corrected chi connectivity index (χ3v) is 5.50. The van der Waals surface area contributed by atoms with Crippen LogP contribution < -0.4 is 9.80 Å². The second-order valence-electron chi connectivity index (χ2n) is 8.63. The van der Waals surface area contributed by atoms with Crippen LogP contribution in [0.3, 0.4) is 0 Å². The van der Waals surface area contributed by atoms with E-state index in [-0.39, 0.29) is 0 Å². The third-order valence-electron chi connectivity index (χ3n) is 4.48. The van der Waals surface area contributed by atoms with Crippen molar-refractivity contribution in [2.75, 3.05) is 36.0 Å². The normalized spacial score (nSPS) is 10.5. The van der Waals surface area contributed by atoms with Gasteiger partial charge in [0.15, 0.2) is 0 Å². The molecule has 31 heavy (non-hydrogen) atoms. The summed E-state index contributed by atoms with van der Waals surface area (Å²) in [4.78, 5) is 7.07. The van der Waals surface area contributed by atoms with Crippen molar-refractivity contribution in [1.82, 2.24) is 0 Å². The zero-order chi connectivity index (χ0) is 23.0. The predicted octanol–water partition coefficient (Wildman–Crippen LogP) is 7.76. The Morgan fingerprint density at radius 3 is 1.03 bits per heavy atom. The smallest absolute Gasteiger partial charge is 0.0387 e. The van der Waals surface area contributed by atoms with Crippen LogP contribution in [0.25, 0.3) is 0 Å². The van der Waals surface area contributed by atoms with Gasteiger partial charge in [-0.2, -0.15) is 0 Å². The van der Waals surface area contributed by atoms with E-state index >= 15 is 0 Å². The fourth-order valence-corrected chi connectivity index (χ4v) is 4.18. The van der Waals surface area contributed by atoms with Gasteiger partial charge in [0.05, 0.1) is 0 Å². The molecule has 0 amide bonds. The number of rotatable bonds is 12. The summed E-state index contributed by atoms with van der Waals surface area (Å²) < 4.78 is 0. The van der Waals surface area contributed by atoms with Crippen LogP contribution in [0.5, 0.6) is 0 Å². The maximum Gasteiger partial charge on any atom is 0.0387 e. The average Bonchev–Trinajstić information content (AvgIpc) is 2.67. The van der Waals surface area contributed by atoms with E-state index in [0.717, 1.165) is 48.5 Å². The molecule has 2 rings (SSSR count). The van der Waals surface area contributed by atoms with Crippen LogP contribution in [0.4, 0.5) is 11.4 Å². The molecule has 2 nitrogen and oxygen atoms in total. The zero-order valence-electron chi connectivity index (χ0n) is 19.6. The lowest BCUT2D eigenvalue weighted by molar-refractivity contribution is 0.894. The molecule has 0 saturated carbocycles. The van der Waals surface area contributed by atoms with E-state index in [1.807, 2.05) is 0 Å². The Hall–Kier alpha value is -2.65. The van der Waals surface area contributed by atoms with Crippen LogP contribution in [-0.4, -0.2) is 26.2 Å². The molecule has 2 aromatic rings. The molecule has 164 valence electrons. The van der Waals surface area contributed by atoms with Crippen LogP contribution >= 0.6 is 11.8 Å². The van der Waals surface area contributed by atoms with E-state index in [1.54, 1.807) is 11.8 Å². The van der Waals surface area contributed by atoms with Gasteiger partial charge in [0.25, 0.3) is 0 Å². The molecular formula is C28H36N2S. The van der Waals surface area contributed by atoms with Gasteiger partial charge in [-0.1, -0.05) is 60.4 Å².